The summed E-state index contributed by atoms with van der Waals surface area (Å²) >= 11 is 3.15. The van der Waals surface area contributed by atoms with E-state index in [2.05, 4.69) is 50.5 Å². The molecule has 6 aromatic carbocycles. The van der Waals surface area contributed by atoms with Crippen molar-refractivity contribution >= 4 is 134 Å². The number of aryl methyl sites for hydroxylation is 4. The number of hydrogen-bond acceptors (Lipinski definition) is 20. The summed E-state index contributed by atoms with van der Waals surface area (Å²) in [4.78, 5) is 138. The second-order valence-electron chi connectivity index (χ2n) is 21.8. The van der Waals surface area contributed by atoms with Gasteiger partial charge >= 0.3 is 115 Å². The van der Waals surface area contributed by atoms with Gasteiger partial charge in [-0.1, -0.05) is 102 Å². The number of pyridine rings is 6. The molecule has 6 aromatic heterocycles. The third kappa shape index (κ3) is 28.0. The number of aromatic nitrogens is 6. The van der Waals surface area contributed by atoms with E-state index in [0.717, 1.165) is 76.0 Å². The van der Waals surface area contributed by atoms with E-state index in [9.17, 15) is 63.4 Å². The molecule has 0 atom stereocenters. The summed E-state index contributed by atoms with van der Waals surface area (Å²) in [6, 6.07) is 43.9. The summed E-state index contributed by atoms with van der Waals surface area (Å²) in [7, 11) is 0. The monoisotopic (exact) mass is 1510 g/mol. The van der Waals surface area contributed by atoms with Crippen LogP contribution in [0.3, 0.4) is 0 Å². The van der Waals surface area contributed by atoms with Crippen molar-refractivity contribution in [1.29, 1.82) is 0 Å². The van der Waals surface area contributed by atoms with Crippen LogP contribution in [0.15, 0.2) is 186 Å². The van der Waals surface area contributed by atoms with Crippen molar-refractivity contribution < 1.29 is 177 Å². The maximum Gasteiger partial charge on any atom is 1.00 e. The molecule has 4 N–H and O–H groups in total. The molecule has 103 heavy (non-hydrogen) atoms. The van der Waals surface area contributed by atoms with E-state index in [1.165, 1.54) is 72.9 Å². The number of nitrogens with zero attached hydrogens (tertiary/aromatic N) is 4. The fourth-order valence-electron chi connectivity index (χ4n) is 9.56. The number of carbonyl (C=O) groups is 9. The molecule has 0 amide bonds. The summed E-state index contributed by atoms with van der Waals surface area (Å²) in [5.41, 5.74) is 10.9. The number of Topliss-reactive ketones (excluding diaryl/α,β-unsaturated/α-hetero) is 6. The maximum absolute atomic E-state index is 11.7. The van der Waals surface area contributed by atoms with Crippen molar-refractivity contribution in [3.8, 4) is 11.5 Å². The maximum atomic E-state index is 11.7. The molecular formula is C77H77BrK2N6O17. The van der Waals surface area contributed by atoms with Crippen molar-refractivity contribution in [3.05, 3.63) is 252 Å². The van der Waals surface area contributed by atoms with Crippen molar-refractivity contribution in [1.82, 2.24) is 24.9 Å². The van der Waals surface area contributed by atoms with Gasteiger partial charge in [-0.15, -0.1) is 0 Å². The number of phenolic OH excluding ortho intramolecular Hbond substituents is 2. The van der Waals surface area contributed by atoms with Crippen molar-refractivity contribution in [2.24, 2.45) is 0 Å². The van der Waals surface area contributed by atoms with Gasteiger partial charge in [-0.05, 0) is 141 Å². The van der Waals surface area contributed by atoms with Crippen LogP contribution in [-0.4, -0.2) is 93.6 Å². The van der Waals surface area contributed by atoms with Gasteiger partial charge in [0.1, 0.15) is 28.3 Å². The third-order valence-electron chi connectivity index (χ3n) is 13.9. The number of aromatic amines is 2. The van der Waals surface area contributed by atoms with Crippen LogP contribution in [0.4, 0.5) is 0 Å². The Balaban J connectivity index is 0.00000117. The Kier molecular flexibility index (Phi) is 41.1. The number of alkyl halides is 1. The van der Waals surface area contributed by atoms with Gasteiger partial charge in [0.05, 0.1) is 27.3 Å². The van der Waals surface area contributed by atoms with E-state index in [1.54, 1.807) is 104 Å². The number of phenols is 2. The van der Waals surface area contributed by atoms with Crippen LogP contribution in [0.5, 0.6) is 11.5 Å². The number of halogens is 1. The molecular weight excluding hydrogens is 1440 g/mol. The van der Waals surface area contributed by atoms with Crippen LogP contribution in [0.2, 0.25) is 0 Å². The summed E-state index contributed by atoms with van der Waals surface area (Å²) in [5.74, 6) is -0.560. The Morgan fingerprint density at radius 1 is 0.485 bits per heavy atom. The van der Waals surface area contributed by atoms with Crippen molar-refractivity contribution in [2.75, 3.05) is 5.33 Å². The molecule has 0 saturated carbocycles. The SMILES string of the molecule is C.CC(=O)OC(C)=O.CC(=O)c1ccc(C)c2[nH]c(=O)ccc12.CC(=O)c1ccc(C)c2c1ccc[n+]2[O-].CC(=O)c1ccc(C)c2ncccc12.CC(=O)c1ccc(O)c2ncccc12.CC(C)=O.Cc1ccc(C(=O)CBr)c2ccc(=O)[nH]c12.O=CO[O-].Oc1cccc2cccnc12.[H-].[K+].[K+]. The number of rotatable bonds is 7. The minimum atomic E-state index is -0.562. The second-order valence-corrected chi connectivity index (χ2v) is 22.4. The van der Waals surface area contributed by atoms with Crippen LogP contribution in [-0.2, 0) is 28.8 Å². The molecule has 6 heterocycles. The Hall–Kier alpha value is -8.88. The average Bonchev–Trinajstić information content (AvgIpc) is 0.810. The quantitative estimate of drug-likeness (QED) is 0.0117. The largest absolute Gasteiger partial charge is 1.00 e. The zero-order valence-corrected chi connectivity index (χ0v) is 66.5. The number of H-pyrrole nitrogens is 2. The zero-order valence-electron chi connectivity index (χ0n) is 59.7. The van der Waals surface area contributed by atoms with Gasteiger partial charge in [-0.2, -0.15) is 4.73 Å². The van der Waals surface area contributed by atoms with E-state index in [-0.39, 0.29) is 181 Å². The molecule has 0 saturated heterocycles. The summed E-state index contributed by atoms with van der Waals surface area (Å²) < 4.78 is 4.77. The summed E-state index contributed by atoms with van der Waals surface area (Å²) in [5, 5.41) is 44.0. The number of hydrogen-bond donors (Lipinski definition) is 4. The molecule has 12 rings (SSSR count). The van der Waals surface area contributed by atoms with Gasteiger partial charge in [-0.25, -0.2) is 0 Å². The molecule has 526 valence electrons. The predicted octanol–water partition coefficient (Wildman–Crippen LogP) is 7.15. The van der Waals surface area contributed by atoms with Gasteiger partial charge < -0.3 is 46.5 Å². The molecule has 26 heteroatoms. The van der Waals surface area contributed by atoms with Crippen molar-refractivity contribution in [3.63, 3.8) is 0 Å². The Bertz CT molecular complexity index is 5020. The normalized spacial score (nSPS) is 9.61. The molecule has 0 aliphatic carbocycles. The van der Waals surface area contributed by atoms with E-state index >= 15 is 0 Å². The van der Waals surface area contributed by atoms with Crippen molar-refractivity contribution in [2.45, 2.75) is 90.5 Å². The smallest absolute Gasteiger partial charge is 1.00 e. The molecule has 12 aromatic rings. The number of carbonyl (C=O) groups excluding carboxylic acids is 9. The van der Waals surface area contributed by atoms with Gasteiger partial charge in [-0.3, -0.25) is 62.9 Å². The van der Waals surface area contributed by atoms with E-state index in [0.29, 0.717) is 44.2 Å². The minimum Gasteiger partial charge on any atom is -1.00 e. The van der Waals surface area contributed by atoms with Crippen LogP contribution < -0.4 is 124 Å². The topological polar surface area (TPSA) is 367 Å². The van der Waals surface area contributed by atoms with E-state index in [1.807, 2.05) is 82.3 Å². The molecule has 0 fully saturated rings. The summed E-state index contributed by atoms with van der Waals surface area (Å²) in [6.45, 7) is 19.0. The first-order valence-corrected chi connectivity index (χ1v) is 31.3. The standard InChI is InChI=1S/C12H10BrNO2.2C12H11NO2.C12H11NO.C11H9NO2.C9H7NO.C4H6O3.C3H6O.CH2O3.CH4.2K.H/c1-7-2-3-8(10(15)6-13)9-4-5-11(16)14-12(7)9;1-8-5-6-10(9(2)14)11-4-3-7-13(15)12(8)11;1-7-3-4-9(8(2)14)10-5-6-11(15)13-12(7)10;1-8-5-6-10(9(2)14)11-4-3-7-13-12(8)11;1-7(13)8-4-5-10(14)11-9(8)3-2-6-12-11;11-8-5-1-3-7-4-2-6-10-9(7)8;1-3(5)7-4(2)6;1-3(2)4;2-1-4-3;;;;/h2-5H,6H2,1H3,(H,14,16);3-7H,1-2H3;3-6H,1-2H3,(H,13,15);3-7H,1-2H3;2-6,14H,1H3;1-6,11H;1-2H3;1-2H3;1,3H;1H4;;;/q;;;;;;;;;;2*+1;-1/p-1. The van der Waals surface area contributed by atoms with Crippen LogP contribution in [0, 0.1) is 32.9 Å². The zero-order chi connectivity index (χ0) is 74.5. The van der Waals surface area contributed by atoms with Crippen LogP contribution in [0.1, 0.15) is 138 Å². The van der Waals surface area contributed by atoms with E-state index in [4.69, 9.17) is 10.1 Å². The molecule has 0 unspecified atom stereocenters. The molecule has 0 aliphatic rings. The van der Waals surface area contributed by atoms with Gasteiger partial charge in [0.25, 0.3) is 6.47 Å². The van der Waals surface area contributed by atoms with Gasteiger partial charge in [0.15, 0.2) is 35.1 Å². The van der Waals surface area contributed by atoms with Gasteiger partial charge in [0, 0.05) is 111 Å². The Labute approximate surface area is 688 Å². The van der Waals surface area contributed by atoms with Crippen LogP contribution >= 0.6 is 15.9 Å². The Morgan fingerprint density at radius 2 is 0.854 bits per heavy atom. The minimum absolute atomic E-state index is 0. The first-order chi connectivity index (χ1) is 47.4. The number of para-hydroxylation sites is 1. The number of esters is 2. The number of ketones is 6. The fourth-order valence-corrected chi connectivity index (χ4v) is 9.86. The Morgan fingerprint density at radius 3 is 1.30 bits per heavy atom. The number of fused-ring (bicyclic) bond motifs is 6. The van der Waals surface area contributed by atoms with Crippen LogP contribution in [0.25, 0.3) is 65.4 Å². The molecule has 23 nitrogen and oxygen atoms in total. The summed E-state index contributed by atoms with van der Waals surface area (Å²) in [6.07, 6.45) is 6.45. The molecule has 0 radical (unpaired) electrons. The predicted molar refractivity (Wildman–Crippen MR) is 391 cm³/mol. The number of ether oxygens (including phenoxy) is 1. The number of aromatic hydroxyl groups is 2. The number of benzene rings is 6. The van der Waals surface area contributed by atoms with E-state index < -0.39 is 11.9 Å². The fraction of sp³-hybridized carbons (Fsp3) is 0.182. The average molecular weight is 1520 g/mol. The second kappa shape index (κ2) is 46.0. The molecule has 0 spiro atoms. The third-order valence-corrected chi connectivity index (χ3v) is 14.4. The first-order valence-electron chi connectivity index (χ1n) is 30.2. The first kappa shape index (κ1) is 92.1. The molecule has 0 aliphatic heterocycles. The number of nitrogens with one attached hydrogen (secondary N) is 2. The molecule has 0 bridgehead atoms. The van der Waals surface area contributed by atoms with Gasteiger partial charge in [0.2, 0.25) is 16.6 Å².